The fourth-order valence-corrected chi connectivity index (χ4v) is 1.22. The van der Waals surface area contributed by atoms with Crippen LogP contribution >= 0.6 is 0 Å². The topological polar surface area (TPSA) is 39.4 Å². The Kier molecular flexibility index (Phi) is 2.88. The Morgan fingerprint density at radius 2 is 2.31 bits per heavy atom. The Morgan fingerprint density at radius 1 is 1.62 bits per heavy atom. The van der Waals surface area contributed by atoms with E-state index in [9.17, 15) is 4.79 Å². The van der Waals surface area contributed by atoms with Gasteiger partial charge >= 0.3 is 0 Å². The Bertz CT molecular complexity index is 286. The molecule has 0 saturated carbocycles. The number of carbonyl (C=O) groups is 1. The molecule has 1 aromatic rings. The second kappa shape index (κ2) is 3.75. The lowest BCUT2D eigenvalue weighted by molar-refractivity contribution is -0.112. The molecule has 1 rings (SSSR count). The molecule has 0 atom stereocenters. The lowest BCUT2D eigenvalue weighted by Crippen LogP contribution is -2.19. The maximum Gasteiger partial charge on any atom is 0.133 e. The highest BCUT2D eigenvalue weighted by molar-refractivity contribution is 5.66. The van der Waals surface area contributed by atoms with Crippen molar-refractivity contribution in [3.8, 4) is 0 Å². The fraction of sp³-hybridized carbons (Fsp3) is 0.500. The van der Waals surface area contributed by atoms with Gasteiger partial charge in [-0.3, -0.25) is 0 Å². The van der Waals surface area contributed by atoms with Crippen molar-refractivity contribution in [1.29, 1.82) is 0 Å². The molecule has 0 aliphatic heterocycles. The lowest BCUT2D eigenvalue weighted by atomic mass is 9.90. The Morgan fingerprint density at radius 3 is 2.85 bits per heavy atom. The monoisotopic (exact) mass is 182 g/mol. The first-order valence-electron chi connectivity index (χ1n) is 4.14. The van der Waals surface area contributed by atoms with Crippen LogP contribution in [-0.4, -0.2) is 13.4 Å². The molecule has 0 bridgehead atoms. The standard InChI is InChI=1S/C10H14O3/c1-10(2,7-11)9-8(6-12-3)4-5-13-9/h4-5,7H,6H2,1-3H3. The highest BCUT2D eigenvalue weighted by atomic mass is 16.5. The fourth-order valence-electron chi connectivity index (χ4n) is 1.22. The minimum atomic E-state index is -0.572. The Balaban J connectivity index is 2.99. The summed E-state index contributed by atoms with van der Waals surface area (Å²) in [7, 11) is 1.62. The van der Waals surface area contributed by atoms with Crippen LogP contribution in [0.3, 0.4) is 0 Å². The van der Waals surface area contributed by atoms with E-state index in [4.69, 9.17) is 9.15 Å². The van der Waals surface area contributed by atoms with E-state index in [1.807, 2.05) is 19.9 Å². The number of methoxy groups -OCH3 is 1. The van der Waals surface area contributed by atoms with Crippen LogP contribution in [0.5, 0.6) is 0 Å². The first-order valence-corrected chi connectivity index (χ1v) is 4.14. The van der Waals surface area contributed by atoms with Crippen molar-refractivity contribution in [3.05, 3.63) is 23.7 Å². The van der Waals surface area contributed by atoms with Gasteiger partial charge in [0.05, 0.1) is 18.3 Å². The van der Waals surface area contributed by atoms with Gasteiger partial charge in [-0.2, -0.15) is 0 Å². The molecule has 1 heterocycles. The lowest BCUT2D eigenvalue weighted by Gasteiger charge is -2.15. The van der Waals surface area contributed by atoms with Crippen LogP contribution < -0.4 is 0 Å². The molecule has 3 heteroatoms. The second-order valence-corrected chi connectivity index (χ2v) is 3.55. The molecule has 0 N–H and O–H groups in total. The van der Waals surface area contributed by atoms with Crippen LogP contribution in [0.25, 0.3) is 0 Å². The van der Waals surface area contributed by atoms with Crippen LogP contribution in [-0.2, 0) is 21.6 Å². The van der Waals surface area contributed by atoms with E-state index >= 15 is 0 Å². The normalized spacial score (nSPS) is 11.6. The van der Waals surface area contributed by atoms with Crippen LogP contribution in [0, 0.1) is 0 Å². The van der Waals surface area contributed by atoms with Crippen molar-refractivity contribution in [3.63, 3.8) is 0 Å². The van der Waals surface area contributed by atoms with E-state index in [1.165, 1.54) is 0 Å². The molecule has 0 aromatic carbocycles. The summed E-state index contributed by atoms with van der Waals surface area (Å²) < 4.78 is 10.3. The van der Waals surface area contributed by atoms with Crippen molar-refractivity contribution < 1.29 is 13.9 Å². The largest absolute Gasteiger partial charge is 0.468 e. The average Bonchev–Trinajstić information content (AvgIpc) is 2.54. The molecule has 0 unspecified atom stereocenters. The van der Waals surface area contributed by atoms with E-state index in [2.05, 4.69) is 0 Å². The molecule has 0 fully saturated rings. The molecule has 0 saturated heterocycles. The average molecular weight is 182 g/mol. The summed E-state index contributed by atoms with van der Waals surface area (Å²) in [5.41, 5.74) is 0.358. The van der Waals surface area contributed by atoms with Gasteiger partial charge in [-0.15, -0.1) is 0 Å². The minimum Gasteiger partial charge on any atom is -0.468 e. The summed E-state index contributed by atoms with van der Waals surface area (Å²) in [4.78, 5) is 10.8. The molecule has 0 aliphatic rings. The molecular formula is C10H14O3. The number of hydrogen-bond donors (Lipinski definition) is 0. The molecule has 1 aromatic heterocycles. The number of aldehydes is 1. The maximum absolute atomic E-state index is 10.8. The van der Waals surface area contributed by atoms with Gasteiger partial charge in [0.2, 0.25) is 0 Å². The first kappa shape index (κ1) is 9.99. The highest BCUT2D eigenvalue weighted by Gasteiger charge is 2.26. The van der Waals surface area contributed by atoms with E-state index < -0.39 is 5.41 Å². The minimum absolute atomic E-state index is 0.475. The number of carbonyl (C=O) groups excluding carboxylic acids is 1. The quantitative estimate of drug-likeness (QED) is 0.667. The van der Waals surface area contributed by atoms with Gasteiger partial charge in [0, 0.05) is 12.7 Å². The van der Waals surface area contributed by atoms with Gasteiger partial charge in [0.1, 0.15) is 12.0 Å². The van der Waals surface area contributed by atoms with Crippen LogP contribution in [0.2, 0.25) is 0 Å². The van der Waals surface area contributed by atoms with Crippen molar-refractivity contribution >= 4 is 6.29 Å². The molecule has 0 amide bonds. The predicted octanol–water partition coefficient (Wildman–Crippen LogP) is 1.90. The summed E-state index contributed by atoms with van der Waals surface area (Å²) >= 11 is 0. The van der Waals surface area contributed by atoms with Gasteiger partial charge in [-0.25, -0.2) is 0 Å². The zero-order valence-electron chi connectivity index (χ0n) is 8.16. The first-order chi connectivity index (χ1) is 6.11. The zero-order chi connectivity index (χ0) is 9.90. The van der Waals surface area contributed by atoms with Crippen molar-refractivity contribution in [2.75, 3.05) is 7.11 Å². The van der Waals surface area contributed by atoms with Crippen molar-refractivity contribution in [2.45, 2.75) is 25.9 Å². The van der Waals surface area contributed by atoms with Gasteiger partial charge in [0.15, 0.2) is 0 Å². The molecule has 0 spiro atoms. The molecule has 72 valence electrons. The number of rotatable bonds is 4. The Hall–Kier alpha value is -1.09. The summed E-state index contributed by atoms with van der Waals surface area (Å²) in [5, 5.41) is 0. The van der Waals surface area contributed by atoms with Crippen LogP contribution in [0.4, 0.5) is 0 Å². The maximum atomic E-state index is 10.8. The summed E-state index contributed by atoms with van der Waals surface area (Å²) in [6.45, 7) is 4.11. The third-order valence-electron chi connectivity index (χ3n) is 1.93. The Labute approximate surface area is 77.7 Å². The molecule has 0 aliphatic carbocycles. The third-order valence-corrected chi connectivity index (χ3v) is 1.93. The second-order valence-electron chi connectivity index (χ2n) is 3.55. The highest BCUT2D eigenvalue weighted by Crippen LogP contribution is 2.25. The van der Waals surface area contributed by atoms with Crippen molar-refractivity contribution in [2.24, 2.45) is 0 Å². The van der Waals surface area contributed by atoms with E-state index in [0.29, 0.717) is 12.4 Å². The van der Waals surface area contributed by atoms with E-state index in [0.717, 1.165) is 11.8 Å². The number of hydrogen-bond acceptors (Lipinski definition) is 3. The SMILES string of the molecule is COCc1ccoc1C(C)(C)C=O. The number of furan rings is 1. The molecule has 13 heavy (non-hydrogen) atoms. The molecule has 3 nitrogen and oxygen atoms in total. The van der Waals surface area contributed by atoms with Gasteiger partial charge in [0.25, 0.3) is 0 Å². The predicted molar refractivity (Wildman–Crippen MR) is 48.5 cm³/mol. The smallest absolute Gasteiger partial charge is 0.133 e. The van der Waals surface area contributed by atoms with E-state index in [-0.39, 0.29) is 0 Å². The summed E-state index contributed by atoms with van der Waals surface area (Å²) in [6.07, 6.45) is 2.46. The molecular weight excluding hydrogens is 168 g/mol. The van der Waals surface area contributed by atoms with Crippen LogP contribution in [0.1, 0.15) is 25.2 Å². The summed E-state index contributed by atoms with van der Waals surface area (Å²) in [5.74, 6) is 0.685. The summed E-state index contributed by atoms with van der Waals surface area (Å²) in [6, 6.07) is 1.82. The zero-order valence-corrected chi connectivity index (χ0v) is 8.16. The van der Waals surface area contributed by atoms with Gasteiger partial charge in [-0.1, -0.05) is 0 Å². The van der Waals surface area contributed by atoms with Crippen molar-refractivity contribution in [1.82, 2.24) is 0 Å². The molecule has 0 radical (unpaired) electrons. The van der Waals surface area contributed by atoms with Crippen LogP contribution in [0.15, 0.2) is 16.7 Å². The van der Waals surface area contributed by atoms with E-state index in [1.54, 1.807) is 13.4 Å². The van der Waals surface area contributed by atoms with Gasteiger partial charge < -0.3 is 13.9 Å². The number of ether oxygens (including phenoxy) is 1. The van der Waals surface area contributed by atoms with Gasteiger partial charge in [-0.05, 0) is 19.9 Å². The third kappa shape index (κ3) is 1.98.